The number of furan rings is 1. The van der Waals surface area contributed by atoms with E-state index in [0.717, 1.165) is 9.86 Å². The fourth-order valence-corrected chi connectivity index (χ4v) is 2.14. The average molecular weight is 372 g/mol. The van der Waals surface area contributed by atoms with Crippen molar-refractivity contribution in [2.45, 2.75) is 0 Å². The van der Waals surface area contributed by atoms with Crippen molar-refractivity contribution in [2.75, 3.05) is 20.3 Å². The van der Waals surface area contributed by atoms with Gasteiger partial charge in [-0.25, -0.2) is 0 Å². The van der Waals surface area contributed by atoms with E-state index in [1.807, 2.05) is 12.1 Å². The van der Waals surface area contributed by atoms with Crippen molar-refractivity contribution in [2.24, 2.45) is 0 Å². The molecule has 2 rings (SSSR count). The van der Waals surface area contributed by atoms with Gasteiger partial charge < -0.3 is 14.5 Å². The Morgan fingerprint density at radius 1 is 1.38 bits per heavy atom. The number of nitrogens with one attached hydrogen (secondary N) is 3. The Labute approximate surface area is 135 Å². The summed E-state index contributed by atoms with van der Waals surface area (Å²) in [6.45, 7) is 1.07. The van der Waals surface area contributed by atoms with Crippen molar-refractivity contribution < 1.29 is 13.9 Å². The Kier molecular flexibility index (Phi) is 5.54. The maximum absolute atomic E-state index is 11.9. The van der Waals surface area contributed by atoms with Crippen LogP contribution >= 0.6 is 28.1 Å². The summed E-state index contributed by atoms with van der Waals surface area (Å²) in [6.07, 6.45) is 0. The fourth-order valence-electron chi connectivity index (χ4n) is 1.61. The lowest BCUT2D eigenvalue weighted by atomic mass is 10.2. The number of rotatable bonds is 4. The van der Waals surface area contributed by atoms with Gasteiger partial charge in [0.25, 0.3) is 0 Å². The number of amides is 1. The van der Waals surface area contributed by atoms with Crippen LogP contribution in [0, 0.1) is 0 Å². The number of carbonyl (C=O) groups is 1. The Balaban J connectivity index is 1.91. The molecule has 0 fully saturated rings. The zero-order chi connectivity index (χ0) is 15.2. The summed E-state index contributed by atoms with van der Waals surface area (Å²) in [7, 11) is 1.60. The van der Waals surface area contributed by atoms with E-state index in [0.29, 0.717) is 23.8 Å². The van der Waals surface area contributed by atoms with Gasteiger partial charge in [-0.1, -0.05) is 15.9 Å². The molecule has 6 nitrogen and oxygen atoms in total. The van der Waals surface area contributed by atoms with Crippen molar-refractivity contribution >= 4 is 50.1 Å². The third kappa shape index (κ3) is 4.42. The van der Waals surface area contributed by atoms with Crippen LogP contribution in [0.3, 0.4) is 0 Å². The van der Waals surface area contributed by atoms with E-state index in [1.54, 1.807) is 19.2 Å². The predicted octanol–water partition coefficient (Wildman–Crippen LogP) is 1.95. The molecular formula is C13H14BrN3O3S. The van der Waals surface area contributed by atoms with Gasteiger partial charge in [0, 0.05) is 23.5 Å². The van der Waals surface area contributed by atoms with Crippen molar-refractivity contribution in [3.63, 3.8) is 0 Å². The topological polar surface area (TPSA) is 75.5 Å². The van der Waals surface area contributed by atoms with Gasteiger partial charge in [0.15, 0.2) is 10.9 Å². The van der Waals surface area contributed by atoms with Crippen LogP contribution in [0.2, 0.25) is 0 Å². The third-order valence-electron chi connectivity index (χ3n) is 2.58. The molecule has 0 saturated heterocycles. The van der Waals surface area contributed by atoms with E-state index in [9.17, 15) is 4.79 Å². The van der Waals surface area contributed by atoms with Crippen molar-refractivity contribution in [3.8, 4) is 0 Å². The molecule has 1 aromatic carbocycles. The molecular weight excluding hydrogens is 358 g/mol. The van der Waals surface area contributed by atoms with Gasteiger partial charge in [-0.2, -0.15) is 0 Å². The lowest BCUT2D eigenvalue weighted by Gasteiger charge is -2.10. The zero-order valence-corrected chi connectivity index (χ0v) is 13.6. The first-order valence-electron chi connectivity index (χ1n) is 6.12. The molecule has 0 aliphatic heterocycles. The Morgan fingerprint density at radius 3 is 2.95 bits per heavy atom. The standard InChI is InChI=1S/C13H14BrN3O3S/c1-19-5-4-15-13(21)17-16-12(18)11-7-8-6-9(14)2-3-10(8)20-11/h2-3,6-7H,4-5H2,1H3,(H,16,18)(H2,15,17,21). The molecule has 8 heteroatoms. The molecule has 1 heterocycles. The second-order valence-electron chi connectivity index (χ2n) is 4.12. The number of methoxy groups -OCH3 is 1. The van der Waals surface area contributed by atoms with Gasteiger partial charge in [-0.15, -0.1) is 0 Å². The molecule has 0 bridgehead atoms. The normalized spacial score (nSPS) is 10.4. The Hall–Kier alpha value is -1.64. The van der Waals surface area contributed by atoms with Crippen molar-refractivity contribution in [1.29, 1.82) is 0 Å². The molecule has 0 saturated carbocycles. The Bertz CT molecular complexity index is 659. The summed E-state index contributed by atoms with van der Waals surface area (Å²) in [6, 6.07) is 7.18. The van der Waals surface area contributed by atoms with E-state index >= 15 is 0 Å². The van der Waals surface area contributed by atoms with Gasteiger partial charge >= 0.3 is 5.91 Å². The van der Waals surface area contributed by atoms with Crippen LogP contribution in [0.25, 0.3) is 11.0 Å². The first-order valence-corrected chi connectivity index (χ1v) is 7.32. The molecule has 2 aromatic rings. The summed E-state index contributed by atoms with van der Waals surface area (Å²) < 4.78 is 11.3. The van der Waals surface area contributed by atoms with E-state index in [4.69, 9.17) is 21.4 Å². The molecule has 21 heavy (non-hydrogen) atoms. The van der Waals surface area contributed by atoms with Crippen LogP contribution in [0.5, 0.6) is 0 Å². The average Bonchev–Trinajstić information content (AvgIpc) is 2.88. The van der Waals surface area contributed by atoms with Gasteiger partial charge in [0.05, 0.1) is 6.61 Å². The number of hydrogen-bond acceptors (Lipinski definition) is 4. The fraction of sp³-hybridized carbons (Fsp3) is 0.231. The van der Waals surface area contributed by atoms with Gasteiger partial charge in [0.1, 0.15) is 5.58 Å². The molecule has 0 unspecified atom stereocenters. The summed E-state index contributed by atoms with van der Waals surface area (Å²) >= 11 is 8.36. The van der Waals surface area contributed by atoms with Gasteiger partial charge in [-0.3, -0.25) is 15.6 Å². The smallest absolute Gasteiger partial charge is 0.305 e. The first-order chi connectivity index (χ1) is 10.1. The molecule has 1 amide bonds. The number of fused-ring (bicyclic) bond motifs is 1. The molecule has 112 valence electrons. The molecule has 0 aliphatic rings. The van der Waals surface area contributed by atoms with Crippen LogP contribution < -0.4 is 16.2 Å². The molecule has 0 aliphatic carbocycles. The van der Waals surface area contributed by atoms with Crippen LogP contribution in [-0.2, 0) is 4.74 Å². The van der Waals surface area contributed by atoms with Crippen molar-refractivity contribution in [1.82, 2.24) is 16.2 Å². The lowest BCUT2D eigenvalue weighted by Crippen LogP contribution is -2.47. The quantitative estimate of drug-likeness (QED) is 0.433. The lowest BCUT2D eigenvalue weighted by molar-refractivity contribution is 0.0918. The number of benzene rings is 1. The number of hydrazine groups is 1. The van der Waals surface area contributed by atoms with E-state index in [-0.39, 0.29) is 5.76 Å². The molecule has 0 atom stereocenters. The van der Waals surface area contributed by atoms with E-state index in [2.05, 4.69) is 32.1 Å². The Morgan fingerprint density at radius 2 is 2.19 bits per heavy atom. The number of halogens is 1. The minimum Gasteiger partial charge on any atom is -0.451 e. The van der Waals surface area contributed by atoms with E-state index < -0.39 is 5.91 Å². The van der Waals surface area contributed by atoms with E-state index in [1.165, 1.54) is 0 Å². The predicted molar refractivity (Wildman–Crippen MR) is 87.0 cm³/mol. The molecule has 0 spiro atoms. The highest BCUT2D eigenvalue weighted by Gasteiger charge is 2.12. The second-order valence-corrected chi connectivity index (χ2v) is 5.44. The third-order valence-corrected chi connectivity index (χ3v) is 3.32. The summed E-state index contributed by atoms with van der Waals surface area (Å²) in [5.74, 6) is -0.200. The first kappa shape index (κ1) is 15.7. The number of thiocarbonyl (C=S) groups is 1. The summed E-state index contributed by atoms with van der Waals surface area (Å²) in [5, 5.41) is 4.02. The SMILES string of the molecule is COCCNC(=S)NNC(=O)c1cc2cc(Br)ccc2o1. The largest absolute Gasteiger partial charge is 0.451 e. The van der Waals surface area contributed by atoms with Crippen LogP contribution in [0.15, 0.2) is 33.2 Å². The van der Waals surface area contributed by atoms with Crippen LogP contribution in [-0.4, -0.2) is 31.3 Å². The second kappa shape index (κ2) is 7.39. The minimum atomic E-state index is -0.404. The number of carbonyl (C=O) groups excluding carboxylic acids is 1. The van der Waals surface area contributed by atoms with Gasteiger partial charge in [-0.05, 0) is 36.5 Å². The molecule has 0 radical (unpaired) electrons. The number of hydrogen-bond donors (Lipinski definition) is 3. The number of ether oxygens (including phenoxy) is 1. The highest BCUT2D eigenvalue weighted by Crippen LogP contribution is 2.23. The molecule has 1 aromatic heterocycles. The van der Waals surface area contributed by atoms with Crippen molar-refractivity contribution in [3.05, 3.63) is 34.5 Å². The van der Waals surface area contributed by atoms with Crippen LogP contribution in [0.4, 0.5) is 0 Å². The summed E-state index contributed by atoms with van der Waals surface area (Å²) in [5.41, 5.74) is 5.70. The maximum atomic E-state index is 11.9. The zero-order valence-electron chi connectivity index (χ0n) is 11.2. The minimum absolute atomic E-state index is 0.204. The highest BCUT2D eigenvalue weighted by atomic mass is 79.9. The van der Waals surface area contributed by atoms with Gasteiger partial charge in [0.2, 0.25) is 0 Å². The van der Waals surface area contributed by atoms with Crippen LogP contribution in [0.1, 0.15) is 10.6 Å². The summed E-state index contributed by atoms with van der Waals surface area (Å²) in [4.78, 5) is 11.9. The maximum Gasteiger partial charge on any atom is 0.305 e. The highest BCUT2D eigenvalue weighted by molar-refractivity contribution is 9.10. The monoisotopic (exact) mass is 371 g/mol. The molecule has 3 N–H and O–H groups in total.